The Morgan fingerprint density at radius 2 is 1.93 bits per heavy atom. The molecule has 0 radical (unpaired) electrons. The molecule has 0 aliphatic rings. The number of halogens is 1. The lowest BCUT2D eigenvalue weighted by Gasteiger charge is -2.11. The normalized spacial score (nSPS) is 11.4. The molecule has 0 bridgehead atoms. The Kier molecular flexibility index (Phi) is 6.39. The highest BCUT2D eigenvalue weighted by atomic mass is 32.2. The Morgan fingerprint density at radius 1 is 1.21 bits per heavy atom. The van der Waals surface area contributed by atoms with Crippen molar-refractivity contribution >= 4 is 33.2 Å². The van der Waals surface area contributed by atoms with Crippen LogP contribution >= 0.6 is 11.8 Å². The minimum atomic E-state index is -3.58. The smallest absolute Gasteiger partial charge is 0.225 e. The van der Waals surface area contributed by atoms with E-state index in [4.69, 9.17) is 0 Å². The van der Waals surface area contributed by atoms with Crippen LogP contribution in [0.5, 0.6) is 0 Å². The molecule has 2 aromatic carbocycles. The van der Waals surface area contributed by atoms with E-state index < -0.39 is 21.6 Å². The Hall–Kier alpha value is -2.65. The number of rotatable bonds is 7. The number of carbonyl (C=O) groups excluding carboxylic acids is 1. The monoisotopic (exact) mass is 433 g/mol. The van der Waals surface area contributed by atoms with Gasteiger partial charge in [0.15, 0.2) is 15.0 Å². The van der Waals surface area contributed by atoms with E-state index in [0.717, 1.165) is 5.56 Å². The van der Waals surface area contributed by atoms with Gasteiger partial charge in [0.25, 0.3) is 0 Å². The Bertz CT molecular complexity index is 1130. The number of amides is 1. The average molecular weight is 434 g/mol. The number of hydrogen-bond donors (Lipinski definition) is 1. The molecule has 0 aliphatic heterocycles. The minimum absolute atomic E-state index is 0.174. The van der Waals surface area contributed by atoms with Gasteiger partial charge < -0.3 is 9.88 Å². The van der Waals surface area contributed by atoms with Gasteiger partial charge in [0, 0.05) is 30.8 Å². The van der Waals surface area contributed by atoms with Crippen LogP contribution in [0.1, 0.15) is 12.0 Å². The first-order valence-electron chi connectivity index (χ1n) is 8.78. The molecule has 0 aliphatic carbocycles. The molecule has 29 heavy (non-hydrogen) atoms. The summed E-state index contributed by atoms with van der Waals surface area (Å²) < 4.78 is 40.3. The van der Waals surface area contributed by atoms with Crippen molar-refractivity contribution in [3.8, 4) is 0 Å². The fourth-order valence-electron chi connectivity index (χ4n) is 2.54. The Morgan fingerprint density at radius 3 is 2.59 bits per heavy atom. The van der Waals surface area contributed by atoms with Crippen molar-refractivity contribution < 1.29 is 17.6 Å². The summed E-state index contributed by atoms with van der Waals surface area (Å²) in [6.07, 6.45) is 3.18. The fraction of sp³-hybridized carbons (Fsp3) is 0.200. The first kappa shape index (κ1) is 21.1. The first-order valence-corrected chi connectivity index (χ1v) is 11.3. The second kappa shape index (κ2) is 8.79. The van der Waals surface area contributed by atoms with Crippen LogP contribution in [0.25, 0.3) is 0 Å². The van der Waals surface area contributed by atoms with Crippen LogP contribution in [-0.4, -0.2) is 29.6 Å². The summed E-state index contributed by atoms with van der Waals surface area (Å²) >= 11 is 1.27. The number of aromatic nitrogens is 2. The summed E-state index contributed by atoms with van der Waals surface area (Å²) in [5.41, 5.74) is 1.22. The molecule has 0 saturated carbocycles. The molecule has 3 rings (SSSR count). The third-order valence-corrected chi connectivity index (χ3v) is 7.06. The molecule has 0 atom stereocenters. The van der Waals surface area contributed by atoms with Gasteiger partial charge in [-0.25, -0.2) is 17.8 Å². The summed E-state index contributed by atoms with van der Waals surface area (Å²) in [5, 5.41) is 3.29. The van der Waals surface area contributed by atoms with Crippen LogP contribution < -0.4 is 5.32 Å². The van der Waals surface area contributed by atoms with Gasteiger partial charge in [-0.1, -0.05) is 17.7 Å². The Labute approximate surface area is 173 Å². The van der Waals surface area contributed by atoms with Gasteiger partial charge in [0.1, 0.15) is 5.82 Å². The maximum atomic E-state index is 13.7. The molecule has 0 fully saturated rings. The van der Waals surface area contributed by atoms with Crippen molar-refractivity contribution in [3.63, 3.8) is 0 Å². The van der Waals surface area contributed by atoms with Crippen molar-refractivity contribution in [1.82, 2.24) is 9.55 Å². The van der Waals surface area contributed by atoms with Crippen LogP contribution in [0.4, 0.5) is 10.1 Å². The molecule has 1 heterocycles. The lowest BCUT2D eigenvalue weighted by atomic mass is 10.2. The van der Waals surface area contributed by atoms with Gasteiger partial charge in [-0.05, 0) is 49.0 Å². The van der Waals surface area contributed by atoms with Crippen molar-refractivity contribution in [1.29, 1.82) is 0 Å². The molecule has 9 heteroatoms. The quantitative estimate of drug-likeness (QED) is 0.613. The largest absolute Gasteiger partial charge is 0.329 e. The van der Waals surface area contributed by atoms with Crippen molar-refractivity contribution in [2.75, 3.05) is 11.1 Å². The number of benzene rings is 2. The molecule has 6 nitrogen and oxygen atoms in total. The van der Waals surface area contributed by atoms with Crippen molar-refractivity contribution in [2.24, 2.45) is 7.05 Å². The highest BCUT2D eigenvalue weighted by Gasteiger charge is 2.18. The van der Waals surface area contributed by atoms with Crippen LogP contribution in [-0.2, 0) is 21.7 Å². The molecular formula is C20H20FN3O3S2. The highest BCUT2D eigenvalue weighted by molar-refractivity contribution is 7.99. The maximum absolute atomic E-state index is 13.7. The Balaban J connectivity index is 1.69. The number of aryl methyl sites for hydroxylation is 2. The summed E-state index contributed by atoms with van der Waals surface area (Å²) in [7, 11) is -1.76. The molecule has 1 aromatic heterocycles. The molecule has 152 valence electrons. The molecule has 1 amide bonds. The molecular weight excluding hydrogens is 413 g/mol. The van der Waals surface area contributed by atoms with E-state index in [1.165, 1.54) is 36.0 Å². The highest BCUT2D eigenvalue weighted by Crippen LogP contribution is 2.33. The SMILES string of the molecule is Cc1ccc(S(=O)(=O)CCC(=O)Nc2cc(F)ccc2Sc2nccn2C)cc1. The number of nitrogens with one attached hydrogen (secondary N) is 1. The standard InChI is InChI=1S/C20H20FN3O3S2/c1-14-3-6-16(7-4-14)29(26,27)12-9-19(25)23-17-13-15(21)5-8-18(17)28-20-22-10-11-24(20)2/h3-8,10-11,13H,9,12H2,1-2H3,(H,23,25). The number of hydrogen-bond acceptors (Lipinski definition) is 5. The lowest BCUT2D eigenvalue weighted by Crippen LogP contribution is -2.18. The summed E-state index contributed by atoms with van der Waals surface area (Å²) in [6.45, 7) is 1.86. The zero-order valence-corrected chi connectivity index (χ0v) is 17.6. The van der Waals surface area contributed by atoms with Crippen molar-refractivity contribution in [3.05, 3.63) is 66.2 Å². The van der Waals surface area contributed by atoms with E-state index in [9.17, 15) is 17.6 Å². The van der Waals surface area contributed by atoms with E-state index in [2.05, 4.69) is 10.3 Å². The topological polar surface area (TPSA) is 81.1 Å². The summed E-state index contributed by atoms with van der Waals surface area (Å²) in [4.78, 5) is 17.3. The molecule has 1 N–H and O–H groups in total. The van der Waals surface area contributed by atoms with Gasteiger partial charge in [-0.3, -0.25) is 4.79 Å². The zero-order chi connectivity index (χ0) is 21.0. The number of nitrogens with zero attached hydrogens (tertiary/aromatic N) is 2. The lowest BCUT2D eigenvalue weighted by molar-refractivity contribution is -0.115. The van der Waals surface area contributed by atoms with Gasteiger partial charge in [-0.15, -0.1) is 0 Å². The molecule has 0 spiro atoms. The third kappa shape index (κ3) is 5.45. The number of imidazole rings is 1. The van der Waals surface area contributed by atoms with Gasteiger partial charge in [0.2, 0.25) is 5.91 Å². The van der Waals surface area contributed by atoms with Gasteiger partial charge >= 0.3 is 0 Å². The number of carbonyl (C=O) groups is 1. The third-order valence-electron chi connectivity index (χ3n) is 4.17. The second-order valence-corrected chi connectivity index (χ2v) is 9.61. The number of sulfone groups is 1. The van der Waals surface area contributed by atoms with E-state index >= 15 is 0 Å². The van der Waals surface area contributed by atoms with Crippen LogP contribution in [0, 0.1) is 12.7 Å². The molecule has 0 unspecified atom stereocenters. The molecule has 0 saturated heterocycles. The predicted octanol–water partition coefficient (Wildman–Crippen LogP) is 3.82. The summed E-state index contributed by atoms with van der Waals surface area (Å²) in [6, 6.07) is 10.5. The average Bonchev–Trinajstić information content (AvgIpc) is 3.07. The van der Waals surface area contributed by atoms with E-state index in [1.54, 1.807) is 35.2 Å². The molecule has 3 aromatic rings. The maximum Gasteiger partial charge on any atom is 0.225 e. The van der Waals surface area contributed by atoms with Crippen LogP contribution in [0.2, 0.25) is 0 Å². The number of anilines is 1. The fourth-order valence-corrected chi connectivity index (χ4v) is 4.65. The van der Waals surface area contributed by atoms with E-state index in [0.29, 0.717) is 10.1 Å². The van der Waals surface area contributed by atoms with Gasteiger partial charge in [0.05, 0.1) is 16.3 Å². The van der Waals surface area contributed by atoms with Gasteiger partial charge in [-0.2, -0.15) is 0 Å². The zero-order valence-electron chi connectivity index (χ0n) is 15.9. The van der Waals surface area contributed by atoms with Crippen LogP contribution in [0.15, 0.2) is 69.8 Å². The summed E-state index contributed by atoms with van der Waals surface area (Å²) in [5.74, 6) is -1.34. The van der Waals surface area contributed by atoms with Crippen LogP contribution in [0.3, 0.4) is 0 Å². The van der Waals surface area contributed by atoms with Crippen molar-refractivity contribution in [2.45, 2.75) is 28.3 Å². The second-order valence-electron chi connectivity index (χ2n) is 6.49. The van der Waals surface area contributed by atoms with E-state index in [1.807, 2.05) is 14.0 Å². The first-order chi connectivity index (χ1) is 13.7. The predicted molar refractivity (Wildman–Crippen MR) is 110 cm³/mol. The van der Waals surface area contributed by atoms with E-state index in [-0.39, 0.29) is 22.8 Å². The minimum Gasteiger partial charge on any atom is -0.329 e.